The minimum Gasteiger partial charge on any atom is -0.351 e. The van der Waals surface area contributed by atoms with Gasteiger partial charge in [0.1, 0.15) is 5.69 Å². The van der Waals surface area contributed by atoms with Gasteiger partial charge < -0.3 is 20.1 Å². The van der Waals surface area contributed by atoms with E-state index in [1.807, 2.05) is 40.1 Å². The largest absolute Gasteiger partial charge is 0.351 e. The molecule has 3 aromatic rings. The predicted octanol–water partition coefficient (Wildman–Crippen LogP) is 2.27. The zero-order valence-corrected chi connectivity index (χ0v) is 18.3. The van der Waals surface area contributed by atoms with Crippen LogP contribution in [0.3, 0.4) is 0 Å². The summed E-state index contributed by atoms with van der Waals surface area (Å²) in [5, 5.41) is 3.89. The van der Waals surface area contributed by atoms with Crippen molar-refractivity contribution in [1.29, 1.82) is 0 Å². The summed E-state index contributed by atoms with van der Waals surface area (Å²) in [7, 11) is 3.40. The summed E-state index contributed by atoms with van der Waals surface area (Å²) in [6.45, 7) is 2.67. The van der Waals surface area contributed by atoms with Crippen LogP contribution in [0.4, 0.5) is 5.69 Å². The Morgan fingerprint density at radius 1 is 0.969 bits per heavy atom. The number of hydrogen-bond acceptors (Lipinski definition) is 4. The molecule has 4 rings (SSSR count). The third-order valence-electron chi connectivity index (χ3n) is 5.61. The van der Waals surface area contributed by atoms with Crippen LogP contribution in [0.5, 0.6) is 0 Å². The van der Waals surface area contributed by atoms with E-state index >= 15 is 0 Å². The molecule has 1 aromatic heterocycles. The number of para-hydroxylation sites is 1. The smallest absolute Gasteiger partial charge is 0.270 e. The number of benzene rings is 2. The van der Waals surface area contributed by atoms with E-state index in [1.165, 1.54) is 4.90 Å². The van der Waals surface area contributed by atoms with Gasteiger partial charge in [0.15, 0.2) is 0 Å². The molecule has 2 N–H and O–H groups in total. The molecule has 1 aliphatic heterocycles. The molecule has 1 fully saturated rings. The molecule has 32 heavy (non-hydrogen) atoms. The third kappa shape index (κ3) is 4.81. The first-order chi connectivity index (χ1) is 15.4. The molecule has 1 saturated heterocycles. The van der Waals surface area contributed by atoms with Crippen LogP contribution in [-0.4, -0.2) is 84.2 Å². The molecule has 8 heteroatoms. The molecule has 0 spiro atoms. The van der Waals surface area contributed by atoms with Gasteiger partial charge in [0, 0.05) is 62.4 Å². The molecule has 2 aromatic carbocycles. The van der Waals surface area contributed by atoms with E-state index in [9.17, 15) is 14.4 Å². The Labute approximate surface area is 186 Å². The SMILES string of the molecule is CN(C)C(=O)c1ccc(NC(=O)CN2CCN(C(=O)c3cc4ccccc4[nH]3)CC2)cc1. The van der Waals surface area contributed by atoms with Crippen LogP contribution in [0, 0.1) is 0 Å². The van der Waals surface area contributed by atoms with Crippen LogP contribution in [0.2, 0.25) is 0 Å². The van der Waals surface area contributed by atoms with Crippen LogP contribution < -0.4 is 5.32 Å². The highest BCUT2D eigenvalue weighted by Gasteiger charge is 2.24. The van der Waals surface area contributed by atoms with Crippen LogP contribution in [0.25, 0.3) is 10.9 Å². The number of fused-ring (bicyclic) bond motifs is 1. The number of carbonyl (C=O) groups excluding carboxylic acids is 3. The first-order valence-corrected chi connectivity index (χ1v) is 10.6. The highest BCUT2D eigenvalue weighted by Crippen LogP contribution is 2.17. The van der Waals surface area contributed by atoms with Gasteiger partial charge in [-0.2, -0.15) is 0 Å². The fourth-order valence-electron chi connectivity index (χ4n) is 3.83. The normalized spacial score (nSPS) is 14.4. The first-order valence-electron chi connectivity index (χ1n) is 10.6. The molecule has 0 unspecified atom stereocenters. The van der Waals surface area contributed by atoms with E-state index in [0.717, 1.165) is 10.9 Å². The number of H-pyrrole nitrogens is 1. The fraction of sp³-hybridized carbons (Fsp3) is 0.292. The molecule has 8 nitrogen and oxygen atoms in total. The number of amides is 3. The van der Waals surface area contributed by atoms with Crippen LogP contribution in [0.15, 0.2) is 54.6 Å². The van der Waals surface area contributed by atoms with Crippen molar-refractivity contribution in [2.45, 2.75) is 0 Å². The van der Waals surface area contributed by atoms with Crippen LogP contribution in [-0.2, 0) is 4.79 Å². The number of piperazine rings is 1. The topological polar surface area (TPSA) is 88.8 Å². The Bertz CT molecular complexity index is 1100. The maximum Gasteiger partial charge on any atom is 0.270 e. The average molecular weight is 434 g/mol. The Morgan fingerprint density at radius 3 is 2.31 bits per heavy atom. The van der Waals surface area contributed by atoms with Crippen molar-refractivity contribution < 1.29 is 14.4 Å². The lowest BCUT2D eigenvalue weighted by atomic mass is 10.2. The average Bonchev–Trinajstić information content (AvgIpc) is 3.23. The maximum atomic E-state index is 12.8. The summed E-state index contributed by atoms with van der Waals surface area (Å²) < 4.78 is 0. The van der Waals surface area contributed by atoms with Gasteiger partial charge >= 0.3 is 0 Å². The fourth-order valence-corrected chi connectivity index (χ4v) is 3.83. The lowest BCUT2D eigenvalue weighted by Gasteiger charge is -2.34. The molecule has 3 amide bonds. The van der Waals surface area contributed by atoms with Gasteiger partial charge in [-0.05, 0) is 36.4 Å². The van der Waals surface area contributed by atoms with Crippen molar-refractivity contribution in [3.8, 4) is 0 Å². The molecular weight excluding hydrogens is 406 g/mol. The van der Waals surface area contributed by atoms with Crippen LogP contribution in [0.1, 0.15) is 20.8 Å². The summed E-state index contributed by atoms with van der Waals surface area (Å²) in [5.41, 5.74) is 2.76. The summed E-state index contributed by atoms with van der Waals surface area (Å²) in [5.74, 6) is -0.215. The monoisotopic (exact) mass is 433 g/mol. The van der Waals surface area contributed by atoms with E-state index in [1.54, 1.807) is 38.4 Å². The van der Waals surface area contributed by atoms with Crippen molar-refractivity contribution in [1.82, 2.24) is 19.7 Å². The van der Waals surface area contributed by atoms with Gasteiger partial charge in [-0.3, -0.25) is 19.3 Å². The Morgan fingerprint density at radius 2 is 1.66 bits per heavy atom. The highest BCUT2D eigenvalue weighted by atomic mass is 16.2. The van der Waals surface area contributed by atoms with Crippen molar-refractivity contribution >= 4 is 34.3 Å². The van der Waals surface area contributed by atoms with Gasteiger partial charge in [0.2, 0.25) is 5.91 Å². The van der Waals surface area contributed by atoms with E-state index in [-0.39, 0.29) is 24.3 Å². The van der Waals surface area contributed by atoms with Crippen molar-refractivity contribution in [2.24, 2.45) is 0 Å². The van der Waals surface area contributed by atoms with Crippen molar-refractivity contribution in [3.05, 3.63) is 65.9 Å². The summed E-state index contributed by atoms with van der Waals surface area (Å²) >= 11 is 0. The molecule has 0 radical (unpaired) electrons. The highest BCUT2D eigenvalue weighted by molar-refractivity contribution is 5.98. The number of nitrogens with zero attached hydrogens (tertiary/aromatic N) is 3. The molecular formula is C24H27N5O3. The molecule has 0 aliphatic carbocycles. The summed E-state index contributed by atoms with van der Waals surface area (Å²) in [6, 6.07) is 16.6. The van der Waals surface area contributed by atoms with Gasteiger partial charge in [-0.1, -0.05) is 18.2 Å². The summed E-state index contributed by atoms with van der Waals surface area (Å²) in [4.78, 5) is 45.8. The number of hydrogen-bond donors (Lipinski definition) is 2. The third-order valence-corrected chi connectivity index (χ3v) is 5.61. The Hall–Kier alpha value is -3.65. The standard InChI is InChI=1S/C24H27N5O3/c1-27(2)23(31)17-7-9-19(10-8-17)25-22(30)16-28-11-13-29(14-12-28)24(32)21-15-18-5-3-4-6-20(18)26-21/h3-10,15,26H,11-14,16H2,1-2H3,(H,25,30). The molecule has 0 atom stereocenters. The minimum atomic E-state index is -0.118. The number of aromatic nitrogens is 1. The Kier molecular flexibility index (Phi) is 6.23. The molecule has 0 bridgehead atoms. The van der Waals surface area contributed by atoms with E-state index < -0.39 is 0 Å². The zero-order valence-electron chi connectivity index (χ0n) is 18.3. The van der Waals surface area contributed by atoms with Gasteiger partial charge in [0.25, 0.3) is 11.8 Å². The number of aromatic amines is 1. The number of rotatable bonds is 5. The van der Waals surface area contributed by atoms with E-state index in [2.05, 4.69) is 10.3 Å². The van der Waals surface area contributed by atoms with E-state index in [4.69, 9.17) is 0 Å². The number of carbonyl (C=O) groups is 3. The zero-order chi connectivity index (χ0) is 22.7. The van der Waals surface area contributed by atoms with Crippen molar-refractivity contribution in [3.63, 3.8) is 0 Å². The lowest BCUT2D eigenvalue weighted by Crippen LogP contribution is -2.50. The molecule has 0 saturated carbocycles. The van der Waals surface area contributed by atoms with Crippen LogP contribution >= 0.6 is 0 Å². The second-order valence-corrected chi connectivity index (χ2v) is 8.16. The quantitative estimate of drug-likeness (QED) is 0.646. The maximum absolute atomic E-state index is 12.8. The second-order valence-electron chi connectivity index (χ2n) is 8.16. The molecule has 1 aliphatic rings. The molecule has 2 heterocycles. The van der Waals surface area contributed by atoms with Crippen molar-refractivity contribution in [2.75, 3.05) is 52.1 Å². The Balaban J connectivity index is 1.26. The minimum absolute atomic E-state index is 0.0161. The first kappa shape index (κ1) is 21.6. The summed E-state index contributed by atoms with van der Waals surface area (Å²) in [6.07, 6.45) is 0. The second kappa shape index (κ2) is 9.23. The predicted molar refractivity (Wildman–Crippen MR) is 124 cm³/mol. The van der Waals surface area contributed by atoms with E-state index in [0.29, 0.717) is 43.1 Å². The number of nitrogens with one attached hydrogen (secondary N) is 2. The number of anilines is 1. The van der Waals surface area contributed by atoms with Gasteiger partial charge in [0.05, 0.1) is 6.54 Å². The molecule has 166 valence electrons. The lowest BCUT2D eigenvalue weighted by molar-refractivity contribution is -0.117. The van der Waals surface area contributed by atoms with Gasteiger partial charge in [-0.25, -0.2) is 0 Å². The van der Waals surface area contributed by atoms with Gasteiger partial charge in [-0.15, -0.1) is 0 Å².